The van der Waals surface area contributed by atoms with Gasteiger partial charge in [-0.3, -0.25) is 4.68 Å². The first-order valence-corrected chi connectivity index (χ1v) is 5.30. The summed E-state index contributed by atoms with van der Waals surface area (Å²) < 4.78 is 1.80. The highest BCUT2D eigenvalue weighted by Crippen LogP contribution is 2.24. The van der Waals surface area contributed by atoms with Crippen LogP contribution in [0.4, 0.5) is 0 Å². The number of nitrogens with zero attached hydrogens (tertiary/aromatic N) is 2. The lowest BCUT2D eigenvalue weighted by atomic mass is 10.1. The molecule has 0 aliphatic heterocycles. The van der Waals surface area contributed by atoms with E-state index in [2.05, 4.69) is 25.9 Å². The van der Waals surface area contributed by atoms with Crippen molar-refractivity contribution in [3.8, 4) is 5.75 Å². The van der Waals surface area contributed by atoms with Gasteiger partial charge in [0.1, 0.15) is 5.69 Å². The molecule has 1 aromatic rings. The Balaban J connectivity index is 2.92. The highest BCUT2D eigenvalue weighted by atomic mass is 16.3. The third-order valence-corrected chi connectivity index (χ3v) is 2.30. The van der Waals surface area contributed by atoms with Crippen LogP contribution in [0, 0.1) is 5.92 Å². The molecule has 0 fully saturated rings. The maximum absolute atomic E-state index is 9.91. The van der Waals surface area contributed by atoms with E-state index in [1.165, 1.54) is 0 Å². The van der Waals surface area contributed by atoms with Crippen molar-refractivity contribution >= 4 is 0 Å². The Kier molecular flexibility index (Phi) is 3.55. The first kappa shape index (κ1) is 11.1. The van der Waals surface area contributed by atoms with Gasteiger partial charge in [-0.05, 0) is 18.8 Å². The fourth-order valence-corrected chi connectivity index (χ4v) is 1.65. The molecule has 0 atom stereocenters. The van der Waals surface area contributed by atoms with Gasteiger partial charge < -0.3 is 5.11 Å². The smallest absolute Gasteiger partial charge is 0.160 e. The second-order valence-corrected chi connectivity index (χ2v) is 4.21. The fourth-order valence-electron chi connectivity index (χ4n) is 1.65. The Morgan fingerprint density at radius 2 is 2.07 bits per heavy atom. The van der Waals surface area contributed by atoms with Crippen molar-refractivity contribution in [2.24, 2.45) is 13.0 Å². The van der Waals surface area contributed by atoms with E-state index < -0.39 is 0 Å². The molecule has 0 amide bonds. The first-order chi connectivity index (χ1) is 6.56. The van der Waals surface area contributed by atoms with Crippen LogP contribution >= 0.6 is 0 Å². The number of aryl methyl sites for hydroxylation is 1. The van der Waals surface area contributed by atoms with Gasteiger partial charge in [0.2, 0.25) is 0 Å². The van der Waals surface area contributed by atoms with E-state index in [9.17, 15) is 5.11 Å². The molecule has 3 heteroatoms. The van der Waals surface area contributed by atoms with E-state index in [1.54, 1.807) is 4.68 Å². The van der Waals surface area contributed by atoms with E-state index >= 15 is 0 Å². The van der Waals surface area contributed by atoms with Crippen molar-refractivity contribution in [2.45, 2.75) is 40.0 Å². The summed E-state index contributed by atoms with van der Waals surface area (Å²) in [6, 6.07) is 0. The summed E-state index contributed by atoms with van der Waals surface area (Å²) in [6.45, 7) is 6.37. The van der Waals surface area contributed by atoms with Crippen LogP contribution in [0.3, 0.4) is 0 Å². The Bertz CT molecular complexity index is 302. The zero-order chi connectivity index (χ0) is 10.7. The standard InChI is InChI=1S/C11H20N2O/c1-5-6-10-11(14)9(7-8(2)3)12-13(10)4/h8,14H,5-7H2,1-4H3. The number of hydrogen-bond acceptors (Lipinski definition) is 2. The molecule has 14 heavy (non-hydrogen) atoms. The molecule has 0 aliphatic rings. The zero-order valence-electron chi connectivity index (χ0n) is 9.54. The molecule has 1 heterocycles. The molecule has 1 N–H and O–H groups in total. The third-order valence-electron chi connectivity index (χ3n) is 2.30. The summed E-state index contributed by atoms with van der Waals surface area (Å²) in [6.07, 6.45) is 2.78. The minimum Gasteiger partial charge on any atom is -0.504 e. The van der Waals surface area contributed by atoms with Crippen molar-refractivity contribution in [2.75, 3.05) is 0 Å². The van der Waals surface area contributed by atoms with Gasteiger partial charge in [-0.2, -0.15) is 5.10 Å². The first-order valence-electron chi connectivity index (χ1n) is 5.30. The molecular formula is C11H20N2O. The second kappa shape index (κ2) is 4.49. The quantitative estimate of drug-likeness (QED) is 0.802. The summed E-state index contributed by atoms with van der Waals surface area (Å²) in [5.74, 6) is 0.938. The van der Waals surface area contributed by atoms with Gasteiger partial charge in [0.25, 0.3) is 0 Å². The SMILES string of the molecule is CCCc1c(O)c(CC(C)C)nn1C. The molecule has 0 radical (unpaired) electrons. The zero-order valence-corrected chi connectivity index (χ0v) is 9.54. The van der Waals surface area contributed by atoms with Gasteiger partial charge in [-0.25, -0.2) is 0 Å². The van der Waals surface area contributed by atoms with Gasteiger partial charge >= 0.3 is 0 Å². The molecule has 3 nitrogen and oxygen atoms in total. The molecular weight excluding hydrogens is 176 g/mol. The summed E-state index contributed by atoms with van der Waals surface area (Å²) in [5.41, 5.74) is 1.80. The minimum atomic E-state index is 0.406. The maximum Gasteiger partial charge on any atom is 0.160 e. The molecule has 0 unspecified atom stereocenters. The summed E-state index contributed by atoms with van der Waals surface area (Å²) >= 11 is 0. The average Bonchev–Trinajstić information content (AvgIpc) is 2.32. The van der Waals surface area contributed by atoms with E-state index in [0.717, 1.165) is 30.7 Å². The van der Waals surface area contributed by atoms with Crippen molar-refractivity contribution in [1.82, 2.24) is 9.78 Å². The van der Waals surface area contributed by atoms with Crippen LogP contribution in [0.15, 0.2) is 0 Å². The maximum atomic E-state index is 9.91. The molecule has 0 bridgehead atoms. The van der Waals surface area contributed by atoms with Gasteiger partial charge in [0, 0.05) is 7.05 Å². The molecule has 0 saturated carbocycles. The van der Waals surface area contributed by atoms with E-state index in [1.807, 2.05) is 7.05 Å². The molecule has 1 aromatic heterocycles. The lowest BCUT2D eigenvalue weighted by molar-refractivity contribution is 0.454. The number of rotatable bonds is 4. The van der Waals surface area contributed by atoms with Gasteiger partial charge in [-0.1, -0.05) is 27.2 Å². The lowest BCUT2D eigenvalue weighted by Crippen LogP contribution is -1.98. The Morgan fingerprint density at radius 1 is 1.43 bits per heavy atom. The van der Waals surface area contributed by atoms with Crippen LogP contribution in [0.25, 0.3) is 0 Å². The van der Waals surface area contributed by atoms with Crippen LogP contribution in [-0.4, -0.2) is 14.9 Å². The Labute approximate surface area is 85.8 Å². The highest BCUT2D eigenvalue weighted by molar-refractivity contribution is 5.32. The summed E-state index contributed by atoms with van der Waals surface area (Å²) in [7, 11) is 1.90. The predicted molar refractivity (Wildman–Crippen MR) is 57.4 cm³/mol. The minimum absolute atomic E-state index is 0.406. The number of hydrogen-bond donors (Lipinski definition) is 1. The van der Waals surface area contributed by atoms with Crippen LogP contribution < -0.4 is 0 Å². The predicted octanol–water partition coefficient (Wildman–Crippen LogP) is 2.28. The molecule has 0 saturated heterocycles. The number of aromatic nitrogens is 2. The largest absolute Gasteiger partial charge is 0.504 e. The average molecular weight is 196 g/mol. The molecule has 1 rings (SSSR count). The Morgan fingerprint density at radius 3 is 2.57 bits per heavy atom. The third kappa shape index (κ3) is 2.28. The highest BCUT2D eigenvalue weighted by Gasteiger charge is 2.14. The van der Waals surface area contributed by atoms with Gasteiger partial charge in [-0.15, -0.1) is 0 Å². The lowest BCUT2D eigenvalue weighted by Gasteiger charge is -2.01. The van der Waals surface area contributed by atoms with E-state index in [4.69, 9.17) is 0 Å². The summed E-state index contributed by atoms with van der Waals surface area (Å²) in [4.78, 5) is 0. The second-order valence-electron chi connectivity index (χ2n) is 4.21. The van der Waals surface area contributed by atoms with Crippen LogP contribution in [-0.2, 0) is 19.9 Å². The molecule has 80 valence electrons. The van der Waals surface area contributed by atoms with Crippen molar-refractivity contribution in [1.29, 1.82) is 0 Å². The van der Waals surface area contributed by atoms with E-state index in [0.29, 0.717) is 11.7 Å². The topological polar surface area (TPSA) is 38.1 Å². The van der Waals surface area contributed by atoms with Crippen LogP contribution in [0.2, 0.25) is 0 Å². The van der Waals surface area contributed by atoms with Crippen LogP contribution in [0.5, 0.6) is 5.75 Å². The van der Waals surface area contributed by atoms with E-state index in [-0.39, 0.29) is 0 Å². The van der Waals surface area contributed by atoms with Crippen molar-refractivity contribution < 1.29 is 5.11 Å². The molecule has 0 aliphatic carbocycles. The van der Waals surface area contributed by atoms with Crippen LogP contribution in [0.1, 0.15) is 38.6 Å². The Hall–Kier alpha value is -0.990. The molecule has 0 aromatic carbocycles. The fraction of sp³-hybridized carbons (Fsp3) is 0.727. The summed E-state index contributed by atoms with van der Waals surface area (Å²) in [5, 5.41) is 14.2. The van der Waals surface area contributed by atoms with Crippen molar-refractivity contribution in [3.05, 3.63) is 11.4 Å². The van der Waals surface area contributed by atoms with Gasteiger partial charge in [0.15, 0.2) is 5.75 Å². The monoisotopic (exact) mass is 196 g/mol. The van der Waals surface area contributed by atoms with Crippen molar-refractivity contribution in [3.63, 3.8) is 0 Å². The van der Waals surface area contributed by atoms with Gasteiger partial charge in [0.05, 0.1) is 5.69 Å². The molecule has 0 spiro atoms. The normalized spacial score (nSPS) is 11.2. The number of aromatic hydroxyl groups is 1.